The van der Waals surface area contributed by atoms with E-state index in [2.05, 4.69) is 17.2 Å². The zero-order valence-corrected chi connectivity index (χ0v) is 17.9. The van der Waals surface area contributed by atoms with Crippen LogP contribution < -0.4 is 5.32 Å². The number of para-hydroxylation sites is 1. The van der Waals surface area contributed by atoms with E-state index < -0.39 is 10.0 Å². The second-order valence-electron chi connectivity index (χ2n) is 6.76. The zero-order valence-electron chi connectivity index (χ0n) is 15.4. The van der Waals surface area contributed by atoms with Gasteiger partial charge in [0, 0.05) is 13.1 Å². The van der Waals surface area contributed by atoms with Gasteiger partial charge in [-0.3, -0.25) is 4.79 Å². The highest BCUT2D eigenvalue weighted by atomic mass is 32.2. The molecule has 1 aliphatic heterocycles. The summed E-state index contributed by atoms with van der Waals surface area (Å²) in [5, 5.41) is 5.23. The molecule has 3 heterocycles. The third-order valence-corrected chi connectivity index (χ3v) is 9.13. The normalized spacial score (nSPS) is 18.4. The van der Waals surface area contributed by atoms with Crippen molar-refractivity contribution in [2.24, 2.45) is 5.92 Å². The summed E-state index contributed by atoms with van der Waals surface area (Å²) in [5.41, 5.74) is 2.08. The molecule has 1 aliphatic rings. The number of aromatic nitrogens is 1. The van der Waals surface area contributed by atoms with E-state index in [0.717, 1.165) is 22.2 Å². The quantitative estimate of drug-likeness (QED) is 0.658. The topological polar surface area (TPSA) is 79.4 Å². The maximum absolute atomic E-state index is 12.8. The Labute approximate surface area is 172 Å². The second-order valence-corrected chi connectivity index (χ2v) is 10.9. The molecule has 2 aromatic heterocycles. The summed E-state index contributed by atoms with van der Waals surface area (Å²) in [6.07, 6.45) is 2.22. The molecule has 1 amide bonds. The van der Waals surface area contributed by atoms with Gasteiger partial charge in [-0.15, -0.1) is 11.3 Å². The first kappa shape index (κ1) is 19.5. The summed E-state index contributed by atoms with van der Waals surface area (Å²) in [6.45, 7) is 2.74. The molecule has 9 heteroatoms. The van der Waals surface area contributed by atoms with E-state index in [0.29, 0.717) is 28.7 Å². The minimum atomic E-state index is -3.53. The third-order valence-electron chi connectivity index (χ3n) is 4.96. The van der Waals surface area contributed by atoms with Gasteiger partial charge in [0.05, 0.1) is 16.1 Å². The number of rotatable bonds is 5. The summed E-state index contributed by atoms with van der Waals surface area (Å²) in [5.74, 6) is -0.538. The lowest BCUT2D eigenvalue weighted by molar-refractivity contribution is -0.120. The maximum Gasteiger partial charge on any atom is 0.252 e. The molecule has 148 valence electrons. The fraction of sp³-hybridized carbons (Fsp3) is 0.368. The van der Waals surface area contributed by atoms with Crippen LogP contribution in [0.5, 0.6) is 0 Å². The van der Waals surface area contributed by atoms with Crippen molar-refractivity contribution in [3.05, 3.63) is 41.3 Å². The van der Waals surface area contributed by atoms with E-state index in [-0.39, 0.29) is 18.4 Å². The molecule has 0 spiro atoms. The van der Waals surface area contributed by atoms with Crippen LogP contribution in [0.2, 0.25) is 0 Å². The van der Waals surface area contributed by atoms with Crippen LogP contribution in [0.15, 0.2) is 39.9 Å². The standard InChI is InChI=1S/C19H21N3O3S3/c1-2-13-6-3-8-15-17(13)20-19(27-15)21-18(23)14-7-4-10-22(12-14)28(24,25)16-9-5-11-26-16/h3,5-6,8-9,11,14H,2,4,7,10,12H2,1H3,(H,20,21,23). The van der Waals surface area contributed by atoms with Gasteiger partial charge in [-0.05, 0) is 42.3 Å². The molecule has 0 aliphatic carbocycles. The number of benzene rings is 1. The maximum atomic E-state index is 12.8. The number of nitrogens with zero attached hydrogens (tertiary/aromatic N) is 2. The first-order valence-corrected chi connectivity index (χ1v) is 12.4. The van der Waals surface area contributed by atoms with Gasteiger partial charge >= 0.3 is 0 Å². The summed E-state index contributed by atoms with van der Waals surface area (Å²) in [7, 11) is -3.53. The Hall–Kier alpha value is -1.81. The number of aryl methyl sites for hydroxylation is 1. The predicted octanol–water partition coefficient (Wildman–Crippen LogP) is 3.96. The zero-order chi connectivity index (χ0) is 19.7. The first-order chi connectivity index (χ1) is 13.5. The summed E-state index contributed by atoms with van der Waals surface area (Å²) < 4.78 is 28.3. The average molecular weight is 436 g/mol. The monoisotopic (exact) mass is 435 g/mol. The molecule has 1 fully saturated rings. The van der Waals surface area contributed by atoms with E-state index in [4.69, 9.17) is 0 Å². The number of hydrogen-bond donors (Lipinski definition) is 1. The number of thiazole rings is 1. The van der Waals surface area contributed by atoms with Crippen LogP contribution in [-0.2, 0) is 21.2 Å². The third kappa shape index (κ3) is 3.71. The van der Waals surface area contributed by atoms with Gasteiger partial charge < -0.3 is 5.32 Å². The number of anilines is 1. The van der Waals surface area contributed by atoms with Gasteiger partial charge in [0.1, 0.15) is 4.21 Å². The highest BCUT2D eigenvalue weighted by Crippen LogP contribution is 2.30. The number of thiophene rings is 1. The van der Waals surface area contributed by atoms with Crippen molar-refractivity contribution in [3.63, 3.8) is 0 Å². The van der Waals surface area contributed by atoms with Crippen molar-refractivity contribution in [1.82, 2.24) is 9.29 Å². The SMILES string of the molecule is CCc1cccc2sc(NC(=O)C3CCCN(S(=O)(=O)c4cccs4)C3)nc12. The van der Waals surface area contributed by atoms with Crippen LogP contribution in [0.1, 0.15) is 25.3 Å². The van der Waals surface area contributed by atoms with Gasteiger partial charge in [0.2, 0.25) is 5.91 Å². The van der Waals surface area contributed by atoms with E-state index in [1.165, 1.54) is 27.0 Å². The van der Waals surface area contributed by atoms with E-state index in [9.17, 15) is 13.2 Å². The van der Waals surface area contributed by atoms with Crippen LogP contribution in [-0.4, -0.2) is 36.7 Å². The minimum absolute atomic E-state index is 0.164. The fourth-order valence-electron chi connectivity index (χ4n) is 3.46. The lowest BCUT2D eigenvalue weighted by Gasteiger charge is -2.30. The molecule has 1 N–H and O–H groups in total. The molecule has 0 bridgehead atoms. The Morgan fingerprint density at radius 2 is 2.18 bits per heavy atom. The number of piperidine rings is 1. The molecule has 0 radical (unpaired) electrons. The number of nitrogens with one attached hydrogen (secondary N) is 1. The van der Waals surface area contributed by atoms with Crippen LogP contribution >= 0.6 is 22.7 Å². The Morgan fingerprint density at radius 3 is 2.93 bits per heavy atom. The summed E-state index contributed by atoms with van der Waals surface area (Å²) in [4.78, 5) is 17.4. The Bertz CT molecular complexity index is 1090. The van der Waals surface area contributed by atoms with Crippen molar-refractivity contribution < 1.29 is 13.2 Å². The van der Waals surface area contributed by atoms with Crippen molar-refractivity contribution in [1.29, 1.82) is 0 Å². The average Bonchev–Trinajstić information content (AvgIpc) is 3.37. The number of sulfonamides is 1. The van der Waals surface area contributed by atoms with E-state index in [1.54, 1.807) is 17.5 Å². The lowest BCUT2D eigenvalue weighted by Crippen LogP contribution is -2.43. The number of hydrogen-bond acceptors (Lipinski definition) is 6. The minimum Gasteiger partial charge on any atom is -0.302 e. The highest BCUT2D eigenvalue weighted by Gasteiger charge is 2.34. The molecule has 3 aromatic rings. The number of fused-ring (bicyclic) bond motifs is 1. The lowest BCUT2D eigenvalue weighted by atomic mass is 9.99. The van der Waals surface area contributed by atoms with Gasteiger partial charge in [0.25, 0.3) is 10.0 Å². The largest absolute Gasteiger partial charge is 0.302 e. The van der Waals surface area contributed by atoms with Crippen molar-refractivity contribution in [3.8, 4) is 0 Å². The Kier molecular flexibility index (Phi) is 5.50. The van der Waals surface area contributed by atoms with Crippen LogP contribution in [0.4, 0.5) is 5.13 Å². The first-order valence-electron chi connectivity index (χ1n) is 9.22. The smallest absolute Gasteiger partial charge is 0.252 e. The van der Waals surface area contributed by atoms with Crippen molar-refractivity contribution in [2.75, 3.05) is 18.4 Å². The summed E-state index contributed by atoms with van der Waals surface area (Å²) >= 11 is 2.65. The predicted molar refractivity (Wildman–Crippen MR) is 113 cm³/mol. The number of amides is 1. The van der Waals surface area contributed by atoms with Crippen LogP contribution in [0.25, 0.3) is 10.2 Å². The van der Waals surface area contributed by atoms with E-state index in [1.807, 2.05) is 18.2 Å². The number of carbonyl (C=O) groups excluding carboxylic acids is 1. The molecule has 1 unspecified atom stereocenters. The highest BCUT2D eigenvalue weighted by molar-refractivity contribution is 7.91. The van der Waals surface area contributed by atoms with Gasteiger partial charge in [0.15, 0.2) is 5.13 Å². The molecule has 6 nitrogen and oxygen atoms in total. The molecule has 4 rings (SSSR count). The van der Waals surface area contributed by atoms with Gasteiger partial charge in [-0.2, -0.15) is 4.31 Å². The molecular weight excluding hydrogens is 414 g/mol. The van der Waals surface area contributed by atoms with Crippen molar-refractivity contribution in [2.45, 2.75) is 30.4 Å². The fourth-order valence-corrected chi connectivity index (χ4v) is 7.05. The van der Waals surface area contributed by atoms with E-state index >= 15 is 0 Å². The van der Waals surface area contributed by atoms with Crippen LogP contribution in [0.3, 0.4) is 0 Å². The van der Waals surface area contributed by atoms with Gasteiger partial charge in [-0.25, -0.2) is 13.4 Å². The molecule has 0 saturated carbocycles. The molecule has 1 saturated heterocycles. The Morgan fingerprint density at radius 1 is 1.32 bits per heavy atom. The van der Waals surface area contributed by atoms with Crippen LogP contribution in [0, 0.1) is 5.92 Å². The Balaban J connectivity index is 1.49. The molecular formula is C19H21N3O3S3. The van der Waals surface area contributed by atoms with Gasteiger partial charge in [-0.1, -0.05) is 36.5 Å². The van der Waals surface area contributed by atoms with Crippen molar-refractivity contribution >= 4 is 54.0 Å². The summed E-state index contributed by atoms with van der Waals surface area (Å²) in [6, 6.07) is 9.37. The number of carbonyl (C=O) groups is 1. The second kappa shape index (κ2) is 7.90. The molecule has 28 heavy (non-hydrogen) atoms. The molecule has 1 aromatic carbocycles. The molecule has 1 atom stereocenters.